The lowest BCUT2D eigenvalue weighted by atomic mass is 10.1. The predicted molar refractivity (Wildman–Crippen MR) is 140 cm³/mol. The van der Waals surface area contributed by atoms with Crippen molar-refractivity contribution >= 4 is 17.4 Å². The molecule has 0 fully saturated rings. The number of nitrogens with one attached hydrogen (secondary N) is 1. The van der Waals surface area contributed by atoms with E-state index in [1.807, 2.05) is 0 Å². The van der Waals surface area contributed by atoms with Crippen molar-refractivity contribution in [1.82, 2.24) is 24.9 Å². The Morgan fingerprint density at radius 3 is 2.44 bits per heavy atom. The van der Waals surface area contributed by atoms with E-state index in [-0.39, 0.29) is 17.1 Å². The molecule has 0 saturated heterocycles. The van der Waals surface area contributed by atoms with Crippen LogP contribution in [-0.4, -0.2) is 55.9 Å². The molecule has 39 heavy (non-hydrogen) atoms. The standard InChI is InChI=1S/C27H22N6O6/c1-15-28-24(32-39-15)16-8-11-18(12-9-16)29-23(17-10-13-21(37-2)22(14-17)38-3)25-30-27(36)33(31-25)20-7-5-4-6-19(20)26(34)35/h4-14H,1-3H3,(H,34,35)(H,30,31,36)/b29-23-. The van der Waals surface area contributed by atoms with E-state index < -0.39 is 11.7 Å². The van der Waals surface area contributed by atoms with E-state index in [2.05, 4.69) is 20.2 Å². The fourth-order valence-corrected chi connectivity index (χ4v) is 3.90. The van der Waals surface area contributed by atoms with Gasteiger partial charge in [-0.15, -0.1) is 5.10 Å². The van der Waals surface area contributed by atoms with Crippen LogP contribution in [0.4, 0.5) is 5.69 Å². The van der Waals surface area contributed by atoms with Crippen LogP contribution in [0.5, 0.6) is 11.5 Å². The number of carboxylic acid groups (broad SMARTS) is 1. The first-order valence-electron chi connectivity index (χ1n) is 11.6. The molecule has 12 nitrogen and oxygen atoms in total. The number of ether oxygens (including phenoxy) is 2. The number of methoxy groups -OCH3 is 2. The van der Waals surface area contributed by atoms with E-state index in [1.54, 1.807) is 61.5 Å². The lowest BCUT2D eigenvalue weighted by molar-refractivity contribution is 0.0696. The molecule has 0 aliphatic rings. The largest absolute Gasteiger partial charge is 0.493 e. The van der Waals surface area contributed by atoms with Gasteiger partial charge in [0.05, 0.1) is 31.2 Å². The summed E-state index contributed by atoms with van der Waals surface area (Å²) in [5.41, 5.74) is 1.57. The Balaban J connectivity index is 1.64. The second kappa shape index (κ2) is 10.5. The Morgan fingerprint density at radius 1 is 1.03 bits per heavy atom. The van der Waals surface area contributed by atoms with E-state index in [9.17, 15) is 14.7 Å². The van der Waals surface area contributed by atoms with Crippen molar-refractivity contribution in [3.8, 4) is 28.6 Å². The second-order valence-corrected chi connectivity index (χ2v) is 8.23. The summed E-state index contributed by atoms with van der Waals surface area (Å²) < 4.78 is 16.9. The summed E-state index contributed by atoms with van der Waals surface area (Å²) in [5.74, 6) is 0.784. The molecule has 5 rings (SSSR count). The minimum atomic E-state index is -1.19. The number of aliphatic imine (C=N–C) groups is 1. The van der Waals surface area contributed by atoms with Gasteiger partial charge in [-0.3, -0.25) is 4.98 Å². The first-order chi connectivity index (χ1) is 18.9. The summed E-state index contributed by atoms with van der Waals surface area (Å²) in [6.45, 7) is 1.71. The van der Waals surface area contributed by atoms with Gasteiger partial charge in [-0.1, -0.05) is 17.3 Å². The van der Waals surface area contributed by atoms with Gasteiger partial charge < -0.3 is 19.1 Å². The zero-order valence-corrected chi connectivity index (χ0v) is 21.1. The SMILES string of the molecule is COc1ccc(/C(=N/c2ccc(-c3noc(C)n3)cc2)c2nn(-c3ccccc3C(=O)O)c(=O)[nH]2)cc1OC. The van der Waals surface area contributed by atoms with Crippen LogP contribution in [0.15, 0.2) is 81.0 Å². The van der Waals surface area contributed by atoms with Crippen LogP contribution in [-0.2, 0) is 0 Å². The third-order valence-corrected chi connectivity index (χ3v) is 5.76. The highest BCUT2D eigenvalue weighted by Gasteiger charge is 2.20. The molecule has 0 atom stereocenters. The van der Waals surface area contributed by atoms with Crippen molar-refractivity contribution in [3.05, 3.63) is 100 Å². The van der Waals surface area contributed by atoms with E-state index >= 15 is 0 Å². The Kier molecular flexibility index (Phi) is 6.74. The molecule has 0 aliphatic carbocycles. The number of aromatic nitrogens is 5. The lowest BCUT2D eigenvalue weighted by Gasteiger charge is -2.10. The molecule has 2 aromatic heterocycles. The molecular weight excluding hydrogens is 504 g/mol. The Labute approximate surface area is 221 Å². The third kappa shape index (κ3) is 5.03. The van der Waals surface area contributed by atoms with Crippen LogP contribution in [0, 0.1) is 6.92 Å². The number of aromatic amines is 1. The maximum Gasteiger partial charge on any atom is 0.348 e. The highest BCUT2D eigenvalue weighted by Crippen LogP contribution is 2.29. The molecule has 0 bridgehead atoms. The van der Waals surface area contributed by atoms with Gasteiger partial charge in [-0.2, -0.15) is 9.67 Å². The molecular formula is C27H22N6O6. The molecule has 2 N–H and O–H groups in total. The van der Waals surface area contributed by atoms with Crippen molar-refractivity contribution in [2.24, 2.45) is 4.99 Å². The molecule has 196 valence electrons. The van der Waals surface area contributed by atoms with E-state index in [4.69, 9.17) is 19.0 Å². The number of rotatable bonds is 8. The second-order valence-electron chi connectivity index (χ2n) is 8.23. The van der Waals surface area contributed by atoms with Crippen LogP contribution in [0.2, 0.25) is 0 Å². The van der Waals surface area contributed by atoms with Gasteiger partial charge in [-0.05, 0) is 54.6 Å². The molecule has 0 unspecified atom stereocenters. The molecule has 12 heteroatoms. The number of carbonyl (C=O) groups is 1. The minimum Gasteiger partial charge on any atom is -0.493 e. The van der Waals surface area contributed by atoms with Crippen LogP contribution < -0.4 is 15.2 Å². The molecule has 0 amide bonds. The van der Waals surface area contributed by atoms with Crippen LogP contribution in [0.1, 0.15) is 27.6 Å². The number of nitrogens with zero attached hydrogens (tertiary/aromatic N) is 5. The van der Waals surface area contributed by atoms with E-state index in [0.29, 0.717) is 40.2 Å². The molecule has 0 aliphatic heterocycles. The number of hydrogen-bond donors (Lipinski definition) is 2. The van der Waals surface area contributed by atoms with Crippen molar-refractivity contribution < 1.29 is 23.9 Å². The van der Waals surface area contributed by atoms with Crippen molar-refractivity contribution in [1.29, 1.82) is 0 Å². The third-order valence-electron chi connectivity index (χ3n) is 5.76. The maximum atomic E-state index is 13.0. The first-order valence-corrected chi connectivity index (χ1v) is 11.6. The number of carboxylic acids is 1. The quantitative estimate of drug-likeness (QED) is 0.287. The highest BCUT2D eigenvalue weighted by molar-refractivity contribution is 6.12. The number of benzene rings is 3. The molecule has 2 heterocycles. The van der Waals surface area contributed by atoms with Crippen molar-refractivity contribution in [2.45, 2.75) is 6.92 Å². The number of aryl methyl sites for hydroxylation is 1. The smallest absolute Gasteiger partial charge is 0.348 e. The molecule has 3 aromatic carbocycles. The fourth-order valence-electron chi connectivity index (χ4n) is 3.90. The summed E-state index contributed by atoms with van der Waals surface area (Å²) in [6.07, 6.45) is 0. The number of hydrogen-bond acceptors (Lipinski definition) is 9. The summed E-state index contributed by atoms with van der Waals surface area (Å²) in [6, 6.07) is 18.4. The lowest BCUT2D eigenvalue weighted by Crippen LogP contribution is -2.18. The minimum absolute atomic E-state index is 0.0745. The average molecular weight is 527 g/mol. The normalized spacial score (nSPS) is 11.4. The van der Waals surface area contributed by atoms with Gasteiger partial charge >= 0.3 is 11.7 Å². The van der Waals surface area contributed by atoms with Crippen molar-refractivity contribution in [3.63, 3.8) is 0 Å². The summed E-state index contributed by atoms with van der Waals surface area (Å²) in [5, 5.41) is 17.9. The first kappa shape index (κ1) is 25.1. The molecule has 0 radical (unpaired) electrons. The summed E-state index contributed by atoms with van der Waals surface area (Å²) in [7, 11) is 3.04. The van der Waals surface area contributed by atoms with Gasteiger partial charge in [0, 0.05) is 18.1 Å². The zero-order chi connectivity index (χ0) is 27.5. The van der Waals surface area contributed by atoms with Crippen LogP contribution in [0.3, 0.4) is 0 Å². The Hall–Kier alpha value is -5.52. The number of aromatic carboxylic acids is 1. The van der Waals surface area contributed by atoms with Crippen LogP contribution in [0.25, 0.3) is 17.1 Å². The van der Waals surface area contributed by atoms with Gasteiger partial charge in [-0.25, -0.2) is 14.6 Å². The van der Waals surface area contributed by atoms with Crippen molar-refractivity contribution in [2.75, 3.05) is 14.2 Å². The molecule has 0 spiro atoms. The summed E-state index contributed by atoms with van der Waals surface area (Å²) >= 11 is 0. The van der Waals surface area contributed by atoms with Gasteiger partial charge in [0.1, 0.15) is 5.71 Å². The number of H-pyrrole nitrogens is 1. The molecule has 5 aromatic rings. The average Bonchev–Trinajstić information content (AvgIpc) is 3.56. The van der Waals surface area contributed by atoms with Gasteiger partial charge in [0.15, 0.2) is 17.3 Å². The number of para-hydroxylation sites is 1. The molecule has 0 saturated carbocycles. The summed E-state index contributed by atoms with van der Waals surface area (Å²) in [4.78, 5) is 36.4. The van der Waals surface area contributed by atoms with Gasteiger partial charge in [0.25, 0.3) is 0 Å². The monoisotopic (exact) mass is 526 g/mol. The zero-order valence-electron chi connectivity index (χ0n) is 21.1. The Morgan fingerprint density at radius 2 is 1.77 bits per heavy atom. The van der Waals surface area contributed by atoms with Gasteiger partial charge in [0.2, 0.25) is 11.7 Å². The van der Waals surface area contributed by atoms with Crippen LogP contribution >= 0.6 is 0 Å². The predicted octanol–water partition coefficient (Wildman–Crippen LogP) is 3.80. The fraction of sp³-hybridized carbons (Fsp3) is 0.111. The topological polar surface area (TPSA) is 158 Å². The van der Waals surface area contributed by atoms with E-state index in [0.717, 1.165) is 10.2 Å². The maximum absolute atomic E-state index is 13.0. The van der Waals surface area contributed by atoms with E-state index in [1.165, 1.54) is 26.4 Å². The highest BCUT2D eigenvalue weighted by atomic mass is 16.5. The Bertz CT molecular complexity index is 1750.